The molecular weight excluding hydrogens is 275 g/mol. The summed E-state index contributed by atoms with van der Waals surface area (Å²) in [6.45, 7) is 5.33. The van der Waals surface area contributed by atoms with Gasteiger partial charge in [0.1, 0.15) is 5.82 Å². The lowest BCUT2D eigenvalue weighted by molar-refractivity contribution is 0.0946. The zero-order valence-electron chi connectivity index (χ0n) is 8.76. The van der Waals surface area contributed by atoms with Gasteiger partial charge in [-0.3, -0.25) is 4.79 Å². The van der Waals surface area contributed by atoms with Crippen LogP contribution in [0.5, 0.6) is 0 Å². The molecule has 0 aromatic heterocycles. The number of amides is 1. The molecule has 3 nitrogen and oxygen atoms in total. The maximum atomic E-state index is 13.0. The van der Waals surface area contributed by atoms with Crippen molar-refractivity contribution in [1.82, 2.24) is 5.32 Å². The van der Waals surface area contributed by atoms with Crippen LogP contribution in [0.3, 0.4) is 0 Å². The highest BCUT2D eigenvalue weighted by atomic mass is 79.9. The predicted molar refractivity (Wildman–Crippen MR) is 65.6 cm³/mol. The van der Waals surface area contributed by atoms with Gasteiger partial charge < -0.3 is 11.1 Å². The van der Waals surface area contributed by atoms with E-state index in [1.54, 1.807) is 13.0 Å². The fraction of sp³-hybridized carbons (Fsp3) is 0.182. The van der Waals surface area contributed by atoms with E-state index < -0.39 is 5.82 Å². The van der Waals surface area contributed by atoms with Crippen LogP contribution < -0.4 is 11.1 Å². The molecule has 0 aliphatic rings. The summed E-state index contributed by atoms with van der Waals surface area (Å²) in [6.07, 6.45) is 1.60. The summed E-state index contributed by atoms with van der Waals surface area (Å²) in [6, 6.07) is 2.30. The van der Waals surface area contributed by atoms with Gasteiger partial charge in [-0.05, 0) is 35.0 Å². The minimum absolute atomic E-state index is 0.0559. The first kappa shape index (κ1) is 12.7. The number of carbonyl (C=O) groups excluding carboxylic acids is 1. The molecule has 0 bridgehead atoms. The largest absolute Gasteiger partial charge is 0.396 e. The predicted octanol–water partition coefficient (Wildman–Crippen LogP) is 2.47. The average molecular weight is 287 g/mol. The second kappa shape index (κ2) is 5.12. The minimum atomic E-state index is -0.555. The van der Waals surface area contributed by atoms with Crippen molar-refractivity contribution in [3.63, 3.8) is 0 Å². The Morgan fingerprint density at radius 2 is 2.31 bits per heavy atom. The molecule has 0 spiro atoms. The van der Waals surface area contributed by atoms with Crippen molar-refractivity contribution in [3.8, 4) is 0 Å². The molecule has 1 rings (SSSR count). The van der Waals surface area contributed by atoms with Crippen LogP contribution in [0.15, 0.2) is 29.3 Å². The van der Waals surface area contributed by atoms with Crippen LogP contribution in [0, 0.1) is 5.82 Å². The molecule has 0 aliphatic carbocycles. The lowest BCUT2D eigenvalue weighted by Crippen LogP contribution is -2.31. The first-order chi connectivity index (χ1) is 7.45. The topological polar surface area (TPSA) is 55.1 Å². The molecule has 3 N–H and O–H groups in total. The number of anilines is 1. The molecule has 0 fully saturated rings. The van der Waals surface area contributed by atoms with E-state index in [0.717, 1.165) is 0 Å². The number of halogens is 2. The monoisotopic (exact) mass is 286 g/mol. The molecular formula is C11H12BrFN2O. The van der Waals surface area contributed by atoms with Gasteiger partial charge in [0.15, 0.2) is 0 Å². The third kappa shape index (κ3) is 2.82. The molecule has 0 saturated carbocycles. The van der Waals surface area contributed by atoms with Crippen LogP contribution in [-0.4, -0.2) is 11.9 Å². The number of nitrogens with one attached hydrogen (secondary N) is 1. The standard InChI is InChI=1S/C11H12BrFN2O/c1-3-6(2)15-11(16)7-4-10(14)9(13)5-8(7)12/h3-6H,1,14H2,2H3,(H,15,16). The molecule has 1 unspecified atom stereocenters. The number of rotatable bonds is 3. The Morgan fingerprint density at radius 3 is 2.88 bits per heavy atom. The fourth-order valence-corrected chi connectivity index (χ4v) is 1.58. The summed E-state index contributed by atoms with van der Waals surface area (Å²) in [5, 5.41) is 2.67. The molecule has 16 heavy (non-hydrogen) atoms. The molecule has 1 aromatic carbocycles. The van der Waals surface area contributed by atoms with Crippen molar-refractivity contribution in [1.29, 1.82) is 0 Å². The van der Waals surface area contributed by atoms with Gasteiger partial charge in [0, 0.05) is 10.5 Å². The van der Waals surface area contributed by atoms with Crippen molar-refractivity contribution in [2.45, 2.75) is 13.0 Å². The maximum absolute atomic E-state index is 13.0. The van der Waals surface area contributed by atoms with Crippen LogP contribution in [0.4, 0.5) is 10.1 Å². The molecule has 86 valence electrons. The molecule has 0 radical (unpaired) electrons. The summed E-state index contributed by atoms with van der Waals surface area (Å²) >= 11 is 3.11. The van der Waals surface area contributed by atoms with E-state index in [9.17, 15) is 9.18 Å². The summed E-state index contributed by atoms with van der Waals surface area (Å²) in [4.78, 5) is 11.7. The van der Waals surface area contributed by atoms with E-state index in [0.29, 0.717) is 10.0 Å². The molecule has 0 aliphatic heterocycles. The van der Waals surface area contributed by atoms with Crippen molar-refractivity contribution < 1.29 is 9.18 Å². The highest BCUT2D eigenvalue weighted by Gasteiger charge is 2.14. The van der Waals surface area contributed by atoms with Crippen molar-refractivity contribution in [2.24, 2.45) is 0 Å². The van der Waals surface area contributed by atoms with Gasteiger partial charge in [0.25, 0.3) is 5.91 Å². The van der Waals surface area contributed by atoms with Crippen LogP contribution in [0.1, 0.15) is 17.3 Å². The van der Waals surface area contributed by atoms with E-state index in [1.807, 2.05) is 0 Å². The van der Waals surface area contributed by atoms with Gasteiger partial charge in [0.2, 0.25) is 0 Å². The van der Waals surface area contributed by atoms with E-state index in [1.165, 1.54) is 12.1 Å². The third-order valence-corrected chi connectivity index (χ3v) is 2.70. The Kier molecular flexibility index (Phi) is 4.06. The number of carbonyl (C=O) groups is 1. The van der Waals surface area contributed by atoms with Crippen molar-refractivity contribution in [3.05, 3.63) is 40.6 Å². The number of hydrogen-bond donors (Lipinski definition) is 2. The Morgan fingerprint density at radius 1 is 1.69 bits per heavy atom. The smallest absolute Gasteiger partial charge is 0.252 e. The van der Waals surface area contributed by atoms with Crippen LogP contribution >= 0.6 is 15.9 Å². The summed E-state index contributed by atoms with van der Waals surface area (Å²) in [5.41, 5.74) is 5.64. The summed E-state index contributed by atoms with van der Waals surface area (Å²) in [7, 11) is 0. The Balaban J connectivity index is 3.00. The first-order valence-corrected chi connectivity index (χ1v) is 5.43. The quantitative estimate of drug-likeness (QED) is 0.663. The molecule has 0 saturated heterocycles. The lowest BCUT2D eigenvalue weighted by atomic mass is 10.1. The lowest BCUT2D eigenvalue weighted by Gasteiger charge is -2.11. The highest BCUT2D eigenvalue weighted by Crippen LogP contribution is 2.22. The van der Waals surface area contributed by atoms with Gasteiger partial charge in [0.05, 0.1) is 11.3 Å². The average Bonchev–Trinajstić information content (AvgIpc) is 2.23. The SMILES string of the molecule is C=CC(C)NC(=O)c1cc(N)c(F)cc1Br. The normalized spacial score (nSPS) is 11.9. The van der Waals surface area contributed by atoms with Gasteiger partial charge in [-0.2, -0.15) is 0 Å². The van der Waals surface area contributed by atoms with Gasteiger partial charge >= 0.3 is 0 Å². The molecule has 1 atom stereocenters. The number of nitrogens with two attached hydrogens (primary N) is 1. The molecule has 1 aromatic rings. The number of nitrogen functional groups attached to an aromatic ring is 1. The Labute approximate surface area is 102 Å². The fourth-order valence-electron chi connectivity index (χ4n) is 1.08. The van der Waals surface area contributed by atoms with Crippen molar-refractivity contribution in [2.75, 3.05) is 5.73 Å². The van der Waals surface area contributed by atoms with Crippen LogP contribution in [0.2, 0.25) is 0 Å². The van der Waals surface area contributed by atoms with E-state index in [-0.39, 0.29) is 17.6 Å². The third-order valence-electron chi connectivity index (χ3n) is 2.04. The number of hydrogen-bond acceptors (Lipinski definition) is 2. The Hall–Kier alpha value is -1.36. The van der Waals surface area contributed by atoms with Crippen LogP contribution in [0.25, 0.3) is 0 Å². The van der Waals surface area contributed by atoms with Gasteiger partial charge in [-0.25, -0.2) is 4.39 Å². The Bertz CT molecular complexity index is 434. The zero-order valence-corrected chi connectivity index (χ0v) is 10.3. The second-order valence-electron chi connectivity index (χ2n) is 3.35. The highest BCUT2D eigenvalue weighted by molar-refractivity contribution is 9.10. The van der Waals surface area contributed by atoms with Crippen molar-refractivity contribution >= 4 is 27.5 Å². The maximum Gasteiger partial charge on any atom is 0.252 e. The zero-order chi connectivity index (χ0) is 12.3. The second-order valence-corrected chi connectivity index (χ2v) is 4.21. The molecule has 1 amide bonds. The number of benzene rings is 1. The van der Waals surface area contributed by atoms with E-state index in [4.69, 9.17) is 5.73 Å². The van der Waals surface area contributed by atoms with Gasteiger partial charge in [-0.15, -0.1) is 6.58 Å². The van der Waals surface area contributed by atoms with Gasteiger partial charge in [-0.1, -0.05) is 6.08 Å². The molecule has 0 heterocycles. The first-order valence-electron chi connectivity index (χ1n) is 4.63. The molecule has 5 heteroatoms. The van der Waals surface area contributed by atoms with Crippen LogP contribution in [-0.2, 0) is 0 Å². The van der Waals surface area contributed by atoms with E-state index >= 15 is 0 Å². The summed E-state index contributed by atoms with van der Waals surface area (Å²) < 4.78 is 13.4. The minimum Gasteiger partial charge on any atom is -0.396 e. The summed E-state index contributed by atoms with van der Waals surface area (Å²) in [5.74, 6) is -0.883. The van der Waals surface area contributed by atoms with E-state index in [2.05, 4.69) is 27.8 Å².